The number of likely N-dealkylation sites (N-methyl/N-ethyl adjacent to an activating group) is 2. The molecule has 0 saturated heterocycles. The molecule has 0 aromatic carbocycles. The van der Waals surface area contributed by atoms with Gasteiger partial charge in [0.05, 0.1) is 15.4 Å². The van der Waals surface area contributed by atoms with Crippen LogP contribution in [0.1, 0.15) is 6.92 Å². The summed E-state index contributed by atoms with van der Waals surface area (Å²) < 4.78 is 26.6. The molecule has 9 heteroatoms. The maximum Gasteiger partial charge on any atom is 0.253 e. The van der Waals surface area contributed by atoms with Crippen molar-refractivity contribution in [1.82, 2.24) is 9.21 Å². The van der Waals surface area contributed by atoms with Crippen molar-refractivity contribution in [2.45, 2.75) is 11.1 Å². The minimum Gasteiger partial charge on any atom is -0.348 e. The molecule has 19 heavy (non-hydrogen) atoms. The van der Waals surface area contributed by atoms with E-state index in [1.165, 1.54) is 11.0 Å². The average molecular weight is 390 g/mol. The lowest BCUT2D eigenvalue weighted by atomic mass is 10.5. The fraction of sp³-hybridized carbons (Fsp3) is 0.500. The molecule has 0 saturated carbocycles. The molecule has 0 N–H and O–H groups in total. The average Bonchev–Trinajstić information content (AvgIpc) is 2.66. The lowest BCUT2D eigenvalue weighted by Crippen LogP contribution is -2.39. The van der Waals surface area contributed by atoms with Gasteiger partial charge in [-0.1, -0.05) is 18.5 Å². The number of carbonyl (C=O) groups is 1. The number of nitrogens with zero attached hydrogens (tertiary/aromatic N) is 2. The van der Waals surface area contributed by atoms with Gasteiger partial charge in [-0.05, 0) is 22.0 Å². The van der Waals surface area contributed by atoms with Crippen molar-refractivity contribution >= 4 is 54.8 Å². The van der Waals surface area contributed by atoms with E-state index < -0.39 is 10.0 Å². The van der Waals surface area contributed by atoms with E-state index in [-0.39, 0.29) is 23.2 Å². The van der Waals surface area contributed by atoms with Gasteiger partial charge in [-0.25, -0.2) is 8.42 Å². The van der Waals surface area contributed by atoms with Gasteiger partial charge in [0.2, 0.25) is 5.91 Å². The summed E-state index contributed by atoms with van der Waals surface area (Å²) in [6.07, 6.45) is 0. The molecule has 1 aromatic rings. The van der Waals surface area contributed by atoms with E-state index in [9.17, 15) is 13.2 Å². The summed E-state index contributed by atoms with van der Waals surface area (Å²) in [5.41, 5.74) is 0. The van der Waals surface area contributed by atoms with Crippen molar-refractivity contribution in [3.05, 3.63) is 14.9 Å². The van der Waals surface area contributed by atoms with Gasteiger partial charge < -0.3 is 4.90 Å². The molecule has 0 spiro atoms. The van der Waals surface area contributed by atoms with Crippen LogP contribution < -0.4 is 0 Å². The highest BCUT2D eigenvalue weighted by Crippen LogP contribution is 2.35. The first kappa shape index (κ1) is 16.9. The van der Waals surface area contributed by atoms with Gasteiger partial charge in [0.25, 0.3) is 10.0 Å². The van der Waals surface area contributed by atoms with Crippen LogP contribution >= 0.6 is 38.9 Å². The molecule has 0 radical (unpaired) electrons. The zero-order valence-electron chi connectivity index (χ0n) is 10.7. The van der Waals surface area contributed by atoms with Crippen LogP contribution in [0.4, 0.5) is 0 Å². The second-order valence-corrected chi connectivity index (χ2v) is 8.85. The van der Waals surface area contributed by atoms with E-state index in [1.54, 1.807) is 21.0 Å². The Bertz CT molecular complexity index is 552. The predicted octanol–water partition coefficient (Wildman–Crippen LogP) is 2.26. The molecule has 5 nitrogen and oxygen atoms in total. The van der Waals surface area contributed by atoms with Crippen LogP contribution in [0, 0.1) is 0 Å². The quantitative estimate of drug-likeness (QED) is 0.776. The summed E-state index contributed by atoms with van der Waals surface area (Å²) in [6.45, 7) is 1.72. The first-order valence-corrected chi connectivity index (χ1v) is 8.78. The van der Waals surface area contributed by atoms with E-state index in [2.05, 4.69) is 15.9 Å². The molecular weight excluding hydrogens is 376 g/mol. The minimum atomic E-state index is -3.69. The third kappa shape index (κ3) is 3.91. The number of halogens is 2. The maximum atomic E-state index is 12.4. The van der Waals surface area contributed by atoms with Crippen LogP contribution in [0.15, 0.2) is 14.1 Å². The smallest absolute Gasteiger partial charge is 0.253 e. The first-order chi connectivity index (χ1) is 8.70. The van der Waals surface area contributed by atoms with Crippen LogP contribution in [-0.4, -0.2) is 50.7 Å². The van der Waals surface area contributed by atoms with Crippen molar-refractivity contribution in [3.8, 4) is 0 Å². The van der Waals surface area contributed by atoms with E-state index in [4.69, 9.17) is 11.6 Å². The molecule has 0 aliphatic carbocycles. The van der Waals surface area contributed by atoms with E-state index in [0.29, 0.717) is 8.81 Å². The highest BCUT2D eigenvalue weighted by Gasteiger charge is 2.28. The molecule has 1 rings (SSSR count). The Morgan fingerprint density at radius 3 is 2.42 bits per heavy atom. The normalized spacial score (nSPS) is 11.9. The maximum absolute atomic E-state index is 12.4. The largest absolute Gasteiger partial charge is 0.348 e. The zero-order valence-corrected chi connectivity index (χ0v) is 14.7. The van der Waals surface area contributed by atoms with Gasteiger partial charge in [0.1, 0.15) is 4.21 Å². The van der Waals surface area contributed by atoms with Crippen LogP contribution in [0.25, 0.3) is 0 Å². The Labute approximate surface area is 130 Å². The van der Waals surface area contributed by atoms with Crippen molar-refractivity contribution in [3.63, 3.8) is 0 Å². The Kier molecular flexibility index (Phi) is 5.81. The summed E-state index contributed by atoms with van der Waals surface area (Å²) in [5.74, 6) is -0.271. The van der Waals surface area contributed by atoms with Gasteiger partial charge in [0.15, 0.2) is 0 Å². The number of sulfonamides is 1. The van der Waals surface area contributed by atoms with Crippen molar-refractivity contribution in [1.29, 1.82) is 0 Å². The molecular formula is C10H14BrClN2O3S2. The molecule has 1 heterocycles. The lowest BCUT2D eigenvalue weighted by Gasteiger charge is -2.20. The summed E-state index contributed by atoms with van der Waals surface area (Å²) in [4.78, 5) is 13.0. The molecule has 0 aliphatic heterocycles. The van der Waals surface area contributed by atoms with Gasteiger partial charge in [-0.3, -0.25) is 4.79 Å². The third-order valence-corrected chi connectivity index (χ3v) is 7.22. The molecule has 0 atom stereocenters. The Balaban J connectivity index is 3.06. The van der Waals surface area contributed by atoms with E-state index in [1.807, 2.05) is 0 Å². The summed E-state index contributed by atoms with van der Waals surface area (Å²) in [5, 5.41) is 0.346. The lowest BCUT2D eigenvalue weighted by molar-refractivity contribution is -0.128. The fourth-order valence-electron chi connectivity index (χ4n) is 1.24. The zero-order chi connectivity index (χ0) is 14.8. The van der Waals surface area contributed by atoms with Gasteiger partial charge in [0, 0.05) is 20.6 Å². The molecule has 0 unspecified atom stereocenters. The van der Waals surface area contributed by atoms with Crippen LogP contribution in [-0.2, 0) is 14.8 Å². The number of rotatable bonds is 5. The molecule has 108 valence electrons. The Morgan fingerprint density at radius 1 is 1.47 bits per heavy atom. The van der Waals surface area contributed by atoms with Crippen molar-refractivity contribution in [2.75, 3.05) is 27.2 Å². The van der Waals surface area contributed by atoms with Crippen molar-refractivity contribution in [2.24, 2.45) is 0 Å². The SMILES string of the molecule is CCN(CC(=O)N(C)C)S(=O)(=O)c1cc(Cl)c(Br)s1. The molecule has 1 amide bonds. The van der Waals surface area contributed by atoms with Crippen LogP contribution in [0.5, 0.6) is 0 Å². The van der Waals surface area contributed by atoms with E-state index in [0.717, 1.165) is 15.6 Å². The number of amides is 1. The molecule has 0 bridgehead atoms. The monoisotopic (exact) mass is 388 g/mol. The highest BCUT2D eigenvalue weighted by molar-refractivity contribution is 9.11. The minimum absolute atomic E-state index is 0.123. The van der Waals surface area contributed by atoms with E-state index >= 15 is 0 Å². The number of hydrogen-bond acceptors (Lipinski definition) is 4. The Hall–Kier alpha value is -0.150. The van der Waals surface area contributed by atoms with Gasteiger partial charge in [-0.2, -0.15) is 4.31 Å². The topological polar surface area (TPSA) is 57.7 Å². The molecule has 0 fully saturated rings. The van der Waals surface area contributed by atoms with Crippen LogP contribution in [0.3, 0.4) is 0 Å². The van der Waals surface area contributed by atoms with Gasteiger partial charge >= 0.3 is 0 Å². The number of carbonyl (C=O) groups excluding carboxylic acids is 1. The highest BCUT2D eigenvalue weighted by atomic mass is 79.9. The van der Waals surface area contributed by atoms with Gasteiger partial charge in [-0.15, -0.1) is 11.3 Å². The van der Waals surface area contributed by atoms with Crippen LogP contribution in [0.2, 0.25) is 5.02 Å². The Morgan fingerprint density at radius 2 is 2.05 bits per heavy atom. The third-order valence-electron chi connectivity index (χ3n) is 2.38. The van der Waals surface area contributed by atoms with Crippen molar-refractivity contribution < 1.29 is 13.2 Å². The number of hydrogen-bond donors (Lipinski definition) is 0. The summed E-state index contributed by atoms with van der Waals surface area (Å²) in [7, 11) is -0.522. The number of thiophene rings is 1. The standard InChI is InChI=1S/C10H14BrClN2O3S2/c1-4-14(6-8(15)13(2)3)19(16,17)9-5-7(12)10(11)18-9/h5H,4,6H2,1-3H3. The predicted molar refractivity (Wildman–Crippen MR) is 80.2 cm³/mol. The first-order valence-electron chi connectivity index (χ1n) is 5.35. The second kappa shape index (κ2) is 6.53. The fourth-order valence-corrected chi connectivity index (χ4v) is 5.19. The summed E-state index contributed by atoms with van der Waals surface area (Å²) >= 11 is 10.1. The second-order valence-electron chi connectivity index (χ2n) is 3.91. The summed E-state index contributed by atoms with van der Waals surface area (Å²) in [6, 6.07) is 1.38. The molecule has 0 aliphatic rings. The molecule has 1 aromatic heterocycles.